The number of ketones is 7. The Morgan fingerprint density at radius 3 is 1.06 bits per heavy atom. The first-order valence-corrected chi connectivity index (χ1v) is 34.8. The van der Waals surface area contributed by atoms with Gasteiger partial charge in [-0.15, -0.1) is 0 Å². The summed E-state index contributed by atoms with van der Waals surface area (Å²) in [6, 6.07) is 10.8. The molecule has 0 heterocycles. The second-order valence-electron chi connectivity index (χ2n) is 24.5. The fraction of sp³-hybridized carbons (Fsp3) is 0.521. The van der Waals surface area contributed by atoms with E-state index in [0.29, 0.717) is 11.1 Å². The number of aliphatic hydroxyl groups is 5. The van der Waals surface area contributed by atoms with Crippen LogP contribution in [-0.2, 0) is 134 Å². The number of Topliss-reactive ketones (excluding diaryl/α,β-unsaturated/α-hetero) is 7. The van der Waals surface area contributed by atoms with E-state index in [1.54, 1.807) is 54.6 Å². The van der Waals surface area contributed by atoms with Crippen molar-refractivity contribution in [3.05, 3.63) is 71.8 Å². The number of rotatable bonds is 42. The zero-order valence-electron chi connectivity index (χ0n) is 66.7. The van der Waals surface area contributed by atoms with Crippen molar-refractivity contribution in [1.82, 2.24) is 26.6 Å². The molecule has 2 aromatic rings. The number of carboxylic acid groups (broad SMARTS) is 6. The van der Waals surface area contributed by atoms with Gasteiger partial charge in [0.15, 0.2) is 53.7 Å². The maximum absolute atomic E-state index is 11.8. The third-order valence-corrected chi connectivity index (χ3v) is 13.7. The van der Waals surface area contributed by atoms with Crippen molar-refractivity contribution in [2.24, 2.45) is 5.73 Å². The molecule has 0 radical (unpaired) electrons. The van der Waals surface area contributed by atoms with E-state index in [2.05, 4.69) is 20.1 Å². The van der Waals surface area contributed by atoms with E-state index < -0.39 is 188 Å². The van der Waals surface area contributed by atoms with Crippen molar-refractivity contribution in [3.63, 3.8) is 0 Å². The molecule has 118 heavy (non-hydrogen) atoms. The Morgan fingerprint density at radius 1 is 0.390 bits per heavy atom. The molecule has 2 rings (SSSR count). The first kappa shape index (κ1) is 116. The topological polar surface area (TPSA) is 755 Å². The molecule has 0 aromatic heterocycles. The number of carbonyl (C=O) groups excluding carboxylic acids is 18. The van der Waals surface area contributed by atoms with Gasteiger partial charge in [-0.2, -0.15) is 9.59 Å². The minimum atomic E-state index is -1.52. The number of esters is 4. The number of benzene rings is 2. The number of aliphatic carboxylic acids is 6. The van der Waals surface area contributed by atoms with Crippen LogP contribution in [0.3, 0.4) is 0 Å². The summed E-state index contributed by atoms with van der Waals surface area (Å²) < 4.78 is 19.1. The lowest BCUT2D eigenvalue weighted by molar-refractivity contribution is -0.192. The molecule has 0 aliphatic rings. The number of carboxylic acids is 6. The Labute approximate surface area is 674 Å². The summed E-state index contributed by atoms with van der Waals surface area (Å²) >= 11 is 0. The van der Waals surface area contributed by atoms with E-state index in [1.807, 2.05) is 22.0 Å². The van der Waals surface area contributed by atoms with Crippen LogP contribution < -0.4 is 32.3 Å². The second-order valence-corrected chi connectivity index (χ2v) is 24.5. The fourth-order valence-electron chi connectivity index (χ4n) is 7.02. The van der Waals surface area contributed by atoms with Crippen LogP contribution in [0.1, 0.15) is 178 Å². The summed E-state index contributed by atoms with van der Waals surface area (Å²) in [6.07, 6.45) is -11.3. The molecule has 0 aliphatic carbocycles. The van der Waals surface area contributed by atoms with Gasteiger partial charge >= 0.3 is 65.8 Å². The van der Waals surface area contributed by atoms with E-state index in [0.717, 1.165) is 6.92 Å². The van der Waals surface area contributed by atoms with Gasteiger partial charge in [0, 0.05) is 38.6 Å². The molecule has 45 nitrogen and oxygen atoms in total. The number of amides is 5. The van der Waals surface area contributed by atoms with Crippen molar-refractivity contribution < 1.29 is 190 Å². The second kappa shape index (κ2) is 65.6. The number of hydrogen-bond acceptors (Lipinski definition) is 34. The quantitative estimate of drug-likeness (QED) is 0.0236. The zero-order chi connectivity index (χ0) is 93.0. The monoisotopic (exact) mass is 1690 g/mol. The predicted octanol–water partition coefficient (Wildman–Crippen LogP) is -2.82. The number of nitrogens with one attached hydrogen (secondary N) is 5. The van der Waals surface area contributed by atoms with Crippen LogP contribution in [0.2, 0.25) is 0 Å². The number of aliphatic hydroxyl groups excluding tert-OH is 5. The normalized spacial score (nSPS) is 13.1. The number of carbonyl (C=O) groups is 22. The van der Waals surface area contributed by atoms with Crippen molar-refractivity contribution in [2.75, 3.05) is 13.2 Å². The van der Waals surface area contributed by atoms with Gasteiger partial charge in [0.05, 0.1) is 32.3 Å². The zero-order valence-corrected chi connectivity index (χ0v) is 66.7. The molecule has 18 N–H and O–H groups in total. The summed E-state index contributed by atoms with van der Waals surface area (Å²) in [4.78, 5) is 256. The number of nitrogens with two attached hydrogens (primary N) is 1. The minimum Gasteiger partial charge on any atom is -0.481 e. The number of hydrogen-bond donors (Lipinski definition) is 17. The van der Waals surface area contributed by atoms with Gasteiger partial charge in [-0.05, 0) is 108 Å². The summed E-state index contributed by atoms with van der Waals surface area (Å²) in [5.41, 5.74) is 6.21. The third-order valence-electron chi connectivity index (χ3n) is 13.7. The van der Waals surface area contributed by atoms with Gasteiger partial charge in [-0.1, -0.05) is 60.7 Å². The van der Waals surface area contributed by atoms with Crippen molar-refractivity contribution in [3.8, 4) is 0 Å². The third kappa shape index (κ3) is 63.7. The Hall–Kier alpha value is -12.7. The van der Waals surface area contributed by atoms with Gasteiger partial charge in [0.25, 0.3) is 5.91 Å². The Morgan fingerprint density at radius 2 is 0.746 bits per heavy atom. The van der Waals surface area contributed by atoms with Gasteiger partial charge in [0.2, 0.25) is 23.6 Å². The predicted molar refractivity (Wildman–Crippen MR) is 396 cm³/mol. The minimum absolute atomic E-state index is 0.00880. The summed E-state index contributed by atoms with van der Waals surface area (Å²) in [5, 5.41) is 107. The van der Waals surface area contributed by atoms with Crippen molar-refractivity contribution in [1.29, 1.82) is 0 Å². The molecule has 5 amide bonds. The Bertz CT molecular complexity index is 3610. The molecule has 0 spiro atoms. The highest BCUT2D eigenvalue weighted by atomic mass is 16.6. The maximum Gasteiger partial charge on any atom is 0.373 e. The van der Waals surface area contributed by atoms with E-state index in [-0.39, 0.29) is 105 Å². The van der Waals surface area contributed by atoms with E-state index >= 15 is 0 Å². The Kier molecular flexibility index (Phi) is 64.6. The summed E-state index contributed by atoms with van der Waals surface area (Å²) in [7, 11) is 0. The molecule has 660 valence electrons. The first-order chi connectivity index (χ1) is 54.5. The van der Waals surface area contributed by atoms with Crippen LogP contribution in [0.5, 0.6) is 0 Å². The van der Waals surface area contributed by atoms with E-state index in [9.17, 15) is 111 Å². The van der Waals surface area contributed by atoms with Crippen LogP contribution in [0.15, 0.2) is 60.7 Å². The smallest absolute Gasteiger partial charge is 0.373 e. The van der Waals surface area contributed by atoms with Crippen LogP contribution in [0, 0.1) is 0 Å². The molecule has 13 atom stereocenters. The highest BCUT2D eigenvalue weighted by Gasteiger charge is 2.30. The largest absolute Gasteiger partial charge is 0.481 e. The van der Waals surface area contributed by atoms with Gasteiger partial charge < -0.3 is 107 Å². The highest BCUT2D eigenvalue weighted by Crippen LogP contribution is 2.19. The van der Waals surface area contributed by atoms with Crippen molar-refractivity contribution in [2.45, 2.75) is 233 Å². The molecule has 2 aromatic carbocycles. The lowest BCUT2D eigenvalue weighted by Crippen LogP contribution is -2.46. The van der Waals surface area contributed by atoms with E-state index in [1.165, 1.54) is 83.1 Å². The lowest BCUT2D eigenvalue weighted by atomic mass is 10.1. The molecule has 0 saturated heterocycles. The molecule has 45 heteroatoms. The number of ether oxygens (including phenoxy) is 4. The van der Waals surface area contributed by atoms with Gasteiger partial charge in [-0.25, -0.2) is 19.2 Å². The van der Waals surface area contributed by atoms with Gasteiger partial charge in [0.1, 0.15) is 65.9 Å². The standard InChI is InChI=1S/C13H14O5.C12H19NO7.C12H15NO3.C11H17NO7.3C8H13NO5.CO2/c1-9(14)13(10-5-3-2-4-6-10)18-12(17)8-7-11(15)16;1-7(15)8(2)20-12(19)9(3-4-11(17)18)13-10(16)5-6-14;1-9(14)7-8-13-12(16)11(15)10-5-3-2-4-6-10;1-5(13)7(3)19-9(15)4-8(11(17)18)12-10(16)6(2)14;1-4(10)5(2)14-7(11)3-6(9)8(12)13;2*1-4(10)3-6(8(13)14)9-7(12)5(2)11;2-1-3/h2-6,13H,7-8H2,1H3,(H,15,16);8-9,14H,3-6H2,1-2H3,(H,13,16)(H,17,18);2-6,11,15H,7-8H2,1H3,(H,13,16);6-8,14H,4H2,1-3H3,(H,12,16)(H,17,18);5-6H,3,9H2,1-2H3,(H,12,13);2*5-6,11H,3H2,1-2H3,(H,9,12)(H,13,14);/t13-;8-,9-;11-;6-,7-,8-;3*5-,6-;/m1000000./s1. The van der Waals surface area contributed by atoms with Crippen molar-refractivity contribution >= 4 is 136 Å². The van der Waals surface area contributed by atoms with Gasteiger partial charge in [-0.3, -0.25) is 86.3 Å². The average molecular weight is 1690 g/mol. The molecule has 0 fully saturated rings. The molecule has 0 unspecified atom stereocenters. The molecule has 0 saturated carbocycles. The van der Waals surface area contributed by atoms with Crippen LogP contribution in [0.4, 0.5) is 0 Å². The van der Waals surface area contributed by atoms with E-state index in [4.69, 9.17) is 75.9 Å². The van der Waals surface area contributed by atoms with Crippen LogP contribution in [-0.4, -0.2) is 272 Å². The first-order valence-electron chi connectivity index (χ1n) is 34.8. The summed E-state index contributed by atoms with van der Waals surface area (Å²) in [5.74, 6) is -16.4. The molecular weight excluding hydrogens is 1580 g/mol. The lowest BCUT2D eigenvalue weighted by Gasteiger charge is -2.18. The average Bonchev–Trinajstić information content (AvgIpc) is 0.970. The maximum atomic E-state index is 11.8. The fourth-order valence-corrected chi connectivity index (χ4v) is 7.02. The van der Waals surface area contributed by atoms with Crippen LogP contribution >= 0.6 is 0 Å². The SMILES string of the molecule is CC(=O)CCNC(=O)[C@@H](O)c1ccccc1.CC(=O)C[C@H](NC(=O)[C@H](C)O)C(=O)O.CC(=O)C[C@H](NC(=O)[C@H](C)O)C(=O)O.CC(=O)[C@@H](OC(=O)CCC(=O)O)c1ccccc1.CC(=O)[C@H](C)OC(=O)C[C@H](N)C(=O)O.CC(=O)[C@H](C)OC(=O)C[C@H](NC(=O)[C@H](C)O)C(=O)O.CC(=O)[C@H](C)OC(=O)[C@H](CCC(=O)O)NC(=O)CCO.O=C=O. The van der Waals surface area contributed by atoms with Crippen LogP contribution in [0.25, 0.3) is 0 Å². The summed E-state index contributed by atoms with van der Waals surface area (Å²) in [6.45, 7) is 16.6. The molecular formula is C73H104N6O39. The highest BCUT2D eigenvalue weighted by molar-refractivity contribution is 5.93. The molecule has 0 bridgehead atoms. The molecule has 0 aliphatic heterocycles. The Balaban J connectivity index is -0.000000309.